The van der Waals surface area contributed by atoms with Crippen molar-refractivity contribution >= 4 is 49.7 Å². The van der Waals surface area contributed by atoms with Gasteiger partial charge in [0.05, 0.1) is 11.6 Å². The summed E-state index contributed by atoms with van der Waals surface area (Å²) in [5.41, 5.74) is 2.64. The highest BCUT2D eigenvalue weighted by Crippen LogP contribution is 2.30. The fourth-order valence-corrected chi connectivity index (χ4v) is 4.86. The molecule has 144 valence electrons. The van der Waals surface area contributed by atoms with Crippen LogP contribution < -0.4 is 10.4 Å². The molecular weight excluding hydrogens is 378 g/mol. The summed E-state index contributed by atoms with van der Waals surface area (Å²) in [6.07, 6.45) is 2.13. The first-order valence-electron chi connectivity index (χ1n) is 10.3. The molecule has 6 rings (SSSR count). The molecule has 0 aliphatic heterocycles. The summed E-state index contributed by atoms with van der Waals surface area (Å²) in [5.74, 6) is 0.109. The average Bonchev–Trinajstić information content (AvgIpc) is 2.82. The van der Waals surface area contributed by atoms with Gasteiger partial charge in [-0.1, -0.05) is 72.8 Å². The fourth-order valence-electron chi connectivity index (χ4n) is 4.86. The van der Waals surface area contributed by atoms with Crippen molar-refractivity contribution in [2.45, 2.75) is 6.42 Å². The van der Waals surface area contributed by atoms with Crippen LogP contribution in [0.15, 0.2) is 84.9 Å². The first kappa shape index (κ1) is 17.6. The van der Waals surface area contributed by atoms with Crippen molar-refractivity contribution in [3.05, 3.63) is 106 Å². The van der Waals surface area contributed by atoms with E-state index in [9.17, 15) is 4.79 Å². The number of nitrogens with zero attached hydrogens (tertiary/aromatic N) is 1. The molecule has 0 atom stereocenters. The van der Waals surface area contributed by atoms with Crippen molar-refractivity contribution in [2.75, 3.05) is 0 Å². The molecule has 0 unspecified atom stereocenters. The third kappa shape index (κ3) is 2.68. The Labute approximate surface area is 179 Å². The van der Waals surface area contributed by atoms with Gasteiger partial charge in [-0.3, -0.25) is 4.79 Å². The van der Waals surface area contributed by atoms with Crippen molar-refractivity contribution in [1.29, 1.82) is 5.26 Å². The highest BCUT2D eigenvalue weighted by Gasteiger charge is 2.16. The molecule has 0 N–H and O–H groups in total. The normalized spacial score (nSPS) is 13.3. The van der Waals surface area contributed by atoms with Crippen molar-refractivity contribution in [3.63, 3.8) is 0 Å². The monoisotopic (exact) mass is 395 g/mol. The van der Waals surface area contributed by atoms with Crippen molar-refractivity contribution in [1.82, 2.24) is 0 Å². The van der Waals surface area contributed by atoms with E-state index in [1.807, 2.05) is 24.3 Å². The van der Waals surface area contributed by atoms with E-state index < -0.39 is 0 Å². The van der Waals surface area contributed by atoms with Gasteiger partial charge in [0.1, 0.15) is 0 Å². The number of fused-ring (bicyclic) bond motifs is 7. The lowest BCUT2D eigenvalue weighted by molar-refractivity contribution is -0.112. The standard InChI is InChI=1S/C29H17NO/c30-17-18-5-7-20(8-6-18)28-16-22(31)15-21-10-12-26-25-11-9-19-3-1-2-4-23(19)24(25)13-14-27(26)29(21)28/h1-15H,16H2. The largest absolute Gasteiger partial charge is 0.294 e. The van der Waals surface area contributed by atoms with Crippen LogP contribution in [-0.2, 0) is 4.79 Å². The van der Waals surface area contributed by atoms with Crippen LogP contribution in [-0.4, -0.2) is 5.78 Å². The van der Waals surface area contributed by atoms with E-state index in [-0.39, 0.29) is 5.78 Å². The van der Waals surface area contributed by atoms with Gasteiger partial charge in [0.2, 0.25) is 0 Å². The van der Waals surface area contributed by atoms with Gasteiger partial charge in [0.15, 0.2) is 5.78 Å². The molecular formula is C29H17NO. The van der Waals surface area contributed by atoms with Gasteiger partial charge in [-0.05, 0) is 72.1 Å². The minimum Gasteiger partial charge on any atom is -0.294 e. The van der Waals surface area contributed by atoms with Crippen LogP contribution in [0.2, 0.25) is 0 Å². The number of hydrogen-bond acceptors (Lipinski definition) is 2. The Morgan fingerprint density at radius 1 is 0.677 bits per heavy atom. The summed E-state index contributed by atoms with van der Waals surface area (Å²) in [7, 11) is 0. The lowest BCUT2D eigenvalue weighted by Gasteiger charge is -2.15. The molecule has 1 aliphatic carbocycles. The van der Waals surface area contributed by atoms with Gasteiger partial charge in [-0.25, -0.2) is 0 Å². The van der Waals surface area contributed by atoms with E-state index in [0.717, 1.165) is 27.0 Å². The van der Waals surface area contributed by atoms with E-state index in [0.29, 0.717) is 12.0 Å². The van der Waals surface area contributed by atoms with Gasteiger partial charge >= 0.3 is 0 Å². The highest BCUT2D eigenvalue weighted by atomic mass is 16.1. The molecule has 5 aromatic carbocycles. The minimum absolute atomic E-state index is 0.109. The molecule has 0 saturated heterocycles. The number of hydrogen-bond donors (Lipinski definition) is 0. The zero-order valence-corrected chi connectivity index (χ0v) is 16.7. The number of carbonyl (C=O) groups excluding carboxylic acids is 1. The predicted octanol–water partition coefficient (Wildman–Crippen LogP) is 4.97. The van der Waals surface area contributed by atoms with Crippen molar-refractivity contribution in [2.24, 2.45) is 0 Å². The maximum absolute atomic E-state index is 12.5. The summed E-state index contributed by atoms with van der Waals surface area (Å²) in [5, 5.41) is 18.5. The second kappa shape index (κ2) is 6.65. The second-order valence-electron chi connectivity index (χ2n) is 8.03. The van der Waals surface area contributed by atoms with Gasteiger partial charge < -0.3 is 0 Å². The molecule has 0 fully saturated rings. The summed E-state index contributed by atoms with van der Waals surface area (Å²) >= 11 is 0. The summed E-state index contributed by atoms with van der Waals surface area (Å²) in [6, 6.07) is 31.1. The molecule has 0 amide bonds. The molecule has 0 saturated carbocycles. The molecule has 0 radical (unpaired) electrons. The van der Waals surface area contributed by atoms with E-state index in [1.165, 1.54) is 26.9 Å². The molecule has 31 heavy (non-hydrogen) atoms. The third-order valence-electron chi connectivity index (χ3n) is 6.29. The van der Waals surface area contributed by atoms with Gasteiger partial charge in [-0.15, -0.1) is 0 Å². The molecule has 5 aromatic rings. The number of rotatable bonds is 1. The van der Waals surface area contributed by atoms with Crippen LogP contribution in [0.3, 0.4) is 0 Å². The zero-order chi connectivity index (χ0) is 20.9. The van der Waals surface area contributed by atoms with E-state index in [4.69, 9.17) is 5.26 Å². The van der Waals surface area contributed by atoms with Crippen molar-refractivity contribution < 1.29 is 4.79 Å². The quantitative estimate of drug-likeness (QED) is 0.376. The second-order valence-corrected chi connectivity index (χ2v) is 8.03. The van der Waals surface area contributed by atoms with E-state index in [1.54, 1.807) is 6.08 Å². The molecule has 0 aromatic heterocycles. The summed E-state index contributed by atoms with van der Waals surface area (Å²) < 4.78 is 0. The average molecular weight is 395 g/mol. The van der Waals surface area contributed by atoms with Gasteiger partial charge in [0.25, 0.3) is 0 Å². The lowest BCUT2D eigenvalue weighted by atomic mass is 9.88. The number of ketones is 1. The molecule has 2 nitrogen and oxygen atoms in total. The van der Waals surface area contributed by atoms with Crippen LogP contribution in [0.1, 0.15) is 17.5 Å². The minimum atomic E-state index is 0.109. The fraction of sp³-hybridized carbons (Fsp3) is 0.0345. The molecule has 0 spiro atoms. The Morgan fingerprint density at radius 2 is 1.35 bits per heavy atom. The summed E-state index contributed by atoms with van der Waals surface area (Å²) in [4.78, 5) is 12.5. The Hall–Kier alpha value is -4.22. The maximum Gasteiger partial charge on any atom is 0.160 e. The van der Waals surface area contributed by atoms with Crippen LogP contribution in [0, 0.1) is 11.3 Å². The summed E-state index contributed by atoms with van der Waals surface area (Å²) in [6.45, 7) is 0. The van der Waals surface area contributed by atoms with Crippen LogP contribution in [0.5, 0.6) is 0 Å². The lowest BCUT2D eigenvalue weighted by Crippen LogP contribution is -2.33. The molecule has 1 aliphatic rings. The van der Waals surface area contributed by atoms with Gasteiger partial charge in [0, 0.05) is 6.42 Å². The van der Waals surface area contributed by atoms with E-state index in [2.05, 4.69) is 66.7 Å². The first-order valence-corrected chi connectivity index (χ1v) is 10.3. The maximum atomic E-state index is 12.5. The van der Waals surface area contributed by atoms with Crippen LogP contribution in [0.25, 0.3) is 44.0 Å². The topological polar surface area (TPSA) is 40.9 Å². The van der Waals surface area contributed by atoms with Crippen LogP contribution >= 0.6 is 0 Å². The number of benzene rings is 5. The Balaban J connectivity index is 1.77. The molecule has 0 heterocycles. The Morgan fingerprint density at radius 3 is 2.19 bits per heavy atom. The Bertz CT molecular complexity index is 1720. The van der Waals surface area contributed by atoms with Crippen molar-refractivity contribution in [3.8, 4) is 6.07 Å². The zero-order valence-electron chi connectivity index (χ0n) is 16.7. The first-order chi connectivity index (χ1) is 15.2. The number of carbonyl (C=O) groups is 1. The SMILES string of the molecule is N#Cc1ccc(C2=c3c(ccc4c3ccc3c5ccccc5ccc43)=CC(=O)C2)cc1. The van der Waals surface area contributed by atoms with Crippen LogP contribution in [0.4, 0.5) is 0 Å². The molecule has 0 bridgehead atoms. The number of nitriles is 1. The Kier molecular flexibility index (Phi) is 3.78. The highest BCUT2D eigenvalue weighted by molar-refractivity contribution is 6.19. The smallest absolute Gasteiger partial charge is 0.160 e. The molecule has 2 heteroatoms. The van der Waals surface area contributed by atoms with Gasteiger partial charge in [-0.2, -0.15) is 5.26 Å². The predicted molar refractivity (Wildman–Crippen MR) is 126 cm³/mol. The third-order valence-corrected chi connectivity index (χ3v) is 6.29. The van der Waals surface area contributed by atoms with E-state index >= 15 is 0 Å². The number of Topliss-reactive ketones (excluding diaryl/α,β-unsaturated/α-hetero) is 1.